The Labute approximate surface area is 126 Å². The zero-order valence-electron chi connectivity index (χ0n) is 12.0. The second-order valence-corrected chi connectivity index (χ2v) is 6.06. The van der Waals surface area contributed by atoms with Crippen LogP contribution >= 0.6 is 11.5 Å². The van der Waals surface area contributed by atoms with Crippen LogP contribution in [0.4, 0.5) is 10.8 Å². The van der Waals surface area contributed by atoms with E-state index >= 15 is 0 Å². The minimum Gasteiger partial charge on any atom is -0.382 e. The van der Waals surface area contributed by atoms with Gasteiger partial charge in [-0.25, -0.2) is 4.98 Å². The Bertz CT molecular complexity index is 659. The number of aromatic nitrogens is 3. The van der Waals surface area contributed by atoms with Crippen LogP contribution in [-0.2, 0) is 13.6 Å². The van der Waals surface area contributed by atoms with E-state index in [9.17, 15) is 4.79 Å². The zero-order valence-corrected chi connectivity index (χ0v) is 12.9. The van der Waals surface area contributed by atoms with Crippen molar-refractivity contribution in [3.05, 3.63) is 23.8 Å². The van der Waals surface area contributed by atoms with Gasteiger partial charge < -0.3 is 20.5 Å². The third-order valence-corrected chi connectivity index (χ3v) is 4.46. The van der Waals surface area contributed by atoms with Crippen molar-refractivity contribution >= 4 is 28.3 Å². The highest BCUT2D eigenvalue weighted by Crippen LogP contribution is 2.31. The zero-order chi connectivity index (χ0) is 15.0. The average molecular weight is 306 g/mol. The molecule has 112 valence electrons. The third-order valence-electron chi connectivity index (χ3n) is 3.49. The summed E-state index contributed by atoms with van der Waals surface area (Å²) in [5, 5.41) is 3.73. The molecule has 0 spiro atoms. The summed E-state index contributed by atoms with van der Waals surface area (Å²) in [6.07, 6.45) is 5.74. The topological polar surface area (TPSA) is 89.1 Å². The number of carbonyl (C=O) groups is 1. The summed E-state index contributed by atoms with van der Waals surface area (Å²) in [7, 11) is 3.85. The van der Waals surface area contributed by atoms with Crippen LogP contribution in [0.5, 0.6) is 0 Å². The predicted molar refractivity (Wildman–Crippen MR) is 82.3 cm³/mol. The number of anilines is 2. The summed E-state index contributed by atoms with van der Waals surface area (Å²) in [5.41, 5.74) is 6.35. The number of nitrogen functional groups attached to an aromatic ring is 1. The Kier molecular flexibility index (Phi) is 3.54. The van der Waals surface area contributed by atoms with Gasteiger partial charge in [0, 0.05) is 32.5 Å². The van der Waals surface area contributed by atoms with Crippen molar-refractivity contribution in [3.63, 3.8) is 0 Å². The number of hydrogen-bond donors (Lipinski definition) is 2. The normalized spacial score (nSPS) is 14.2. The molecule has 1 aliphatic carbocycles. The molecule has 2 aromatic rings. The lowest BCUT2D eigenvalue weighted by Crippen LogP contribution is -2.28. The van der Waals surface area contributed by atoms with E-state index in [0.717, 1.165) is 23.7 Å². The molecule has 1 amide bonds. The van der Waals surface area contributed by atoms with Gasteiger partial charge in [0.1, 0.15) is 16.4 Å². The lowest BCUT2D eigenvalue weighted by molar-refractivity contribution is 0.0952. The molecular formula is C13H18N6OS. The number of hydrogen-bond acceptors (Lipinski definition) is 6. The van der Waals surface area contributed by atoms with Crippen molar-refractivity contribution in [1.82, 2.24) is 19.2 Å². The highest BCUT2D eigenvalue weighted by molar-refractivity contribution is 7.11. The van der Waals surface area contributed by atoms with E-state index < -0.39 is 0 Å². The monoisotopic (exact) mass is 306 g/mol. The molecule has 3 rings (SSSR count). The molecule has 0 radical (unpaired) electrons. The molecule has 0 saturated heterocycles. The quantitative estimate of drug-likeness (QED) is 0.860. The van der Waals surface area contributed by atoms with Gasteiger partial charge in [-0.3, -0.25) is 4.79 Å². The smallest absolute Gasteiger partial charge is 0.258 e. The Morgan fingerprint density at radius 1 is 1.62 bits per heavy atom. The molecular weight excluding hydrogens is 288 g/mol. The summed E-state index contributed by atoms with van der Waals surface area (Å²) in [5.74, 6) is 1.07. The Morgan fingerprint density at radius 3 is 3.00 bits per heavy atom. The van der Waals surface area contributed by atoms with Crippen molar-refractivity contribution < 1.29 is 4.79 Å². The van der Waals surface area contributed by atoms with Gasteiger partial charge in [0.05, 0.1) is 6.54 Å². The van der Waals surface area contributed by atoms with Gasteiger partial charge >= 0.3 is 0 Å². The highest BCUT2D eigenvalue weighted by Gasteiger charge is 2.28. The largest absolute Gasteiger partial charge is 0.382 e. The van der Waals surface area contributed by atoms with Gasteiger partial charge in [0.2, 0.25) is 0 Å². The van der Waals surface area contributed by atoms with Crippen molar-refractivity contribution in [2.45, 2.75) is 25.4 Å². The molecule has 1 saturated carbocycles. The first-order valence-corrected chi connectivity index (χ1v) is 7.57. The van der Waals surface area contributed by atoms with Gasteiger partial charge in [-0.05, 0) is 24.4 Å². The van der Waals surface area contributed by atoms with E-state index in [4.69, 9.17) is 5.73 Å². The molecule has 2 aromatic heterocycles. The minimum atomic E-state index is -0.134. The number of aryl methyl sites for hydroxylation is 1. The van der Waals surface area contributed by atoms with E-state index in [1.54, 1.807) is 6.20 Å². The van der Waals surface area contributed by atoms with Crippen LogP contribution in [0.25, 0.3) is 0 Å². The van der Waals surface area contributed by atoms with Gasteiger partial charge in [-0.15, -0.1) is 0 Å². The summed E-state index contributed by atoms with van der Waals surface area (Å²) in [6.45, 7) is 0.592. The van der Waals surface area contributed by atoms with Crippen LogP contribution in [-0.4, -0.2) is 32.9 Å². The maximum atomic E-state index is 12.3. The fourth-order valence-corrected chi connectivity index (χ4v) is 2.85. The van der Waals surface area contributed by atoms with E-state index in [1.165, 1.54) is 11.5 Å². The maximum absolute atomic E-state index is 12.3. The highest BCUT2D eigenvalue weighted by atomic mass is 32.1. The summed E-state index contributed by atoms with van der Waals surface area (Å²) in [4.78, 5) is 18.6. The second kappa shape index (κ2) is 5.36. The first kappa shape index (κ1) is 13.9. The average Bonchev–Trinajstić information content (AvgIpc) is 3.03. The van der Waals surface area contributed by atoms with Crippen molar-refractivity contribution in [2.24, 2.45) is 7.05 Å². The van der Waals surface area contributed by atoms with E-state index in [0.29, 0.717) is 24.0 Å². The Hall–Kier alpha value is -2.09. The van der Waals surface area contributed by atoms with E-state index in [2.05, 4.69) is 14.7 Å². The lowest BCUT2D eigenvalue weighted by atomic mass is 10.2. The van der Waals surface area contributed by atoms with E-state index in [-0.39, 0.29) is 5.91 Å². The van der Waals surface area contributed by atoms with Crippen molar-refractivity contribution in [2.75, 3.05) is 17.7 Å². The second-order valence-electron chi connectivity index (χ2n) is 5.31. The molecule has 7 nitrogen and oxygen atoms in total. The van der Waals surface area contributed by atoms with Crippen molar-refractivity contribution in [3.8, 4) is 0 Å². The van der Waals surface area contributed by atoms with Crippen LogP contribution in [0, 0.1) is 0 Å². The SMILES string of the molecule is CN(Cc1nccn1C)c1snc(N)c1C(=O)NC1CC1. The fourth-order valence-electron chi connectivity index (χ4n) is 2.09. The third kappa shape index (κ3) is 2.85. The maximum Gasteiger partial charge on any atom is 0.258 e. The Balaban J connectivity index is 1.81. The van der Waals surface area contributed by atoms with Gasteiger partial charge in [0.15, 0.2) is 5.82 Å². The van der Waals surface area contributed by atoms with Crippen LogP contribution in [0.2, 0.25) is 0 Å². The van der Waals surface area contributed by atoms with Crippen LogP contribution in [0.15, 0.2) is 12.4 Å². The molecule has 2 heterocycles. The number of rotatable bonds is 5. The van der Waals surface area contributed by atoms with Gasteiger partial charge in [-0.2, -0.15) is 4.37 Å². The van der Waals surface area contributed by atoms with Gasteiger partial charge in [-0.1, -0.05) is 0 Å². The van der Waals surface area contributed by atoms with Gasteiger partial charge in [0.25, 0.3) is 5.91 Å². The summed E-state index contributed by atoms with van der Waals surface area (Å²) >= 11 is 1.24. The molecule has 0 atom stereocenters. The molecule has 0 unspecified atom stereocenters. The molecule has 1 aliphatic rings. The fraction of sp³-hybridized carbons (Fsp3) is 0.462. The van der Waals surface area contributed by atoms with Crippen LogP contribution in [0.3, 0.4) is 0 Å². The molecule has 21 heavy (non-hydrogen) atoms. The van der Waals surface area contributed by atoms with Crippen LogP contribution < -0.4 is 16.0 Å². The number of nitrogens with two attached hydrogens (primary N) is 1. The molecule has 0 bridgehead atoms. The predicted octanol–water partition coefficient (Wildman–Crippen LogP) is 0.987. The van der Waals surface area contributed by atoms with E-state index in [1.807, 2.05) is 29.8 Å². The molecule has 0 aliphatic heterocycles. The summed E-state index contributed by atoms with van der Waals surface area (Å²) in [6, 6.07) is 0.296. The molecule has 8 heteroatoms. The number of imidazole rings is 1. The summed E-state index contributed by atoms with van der Waals surface area (Å²) < 4.78 is 6.08. The molecule has 1 fully saturated rings. The first-order chi connectivity index (χ1) is 10.1. The minimum absolute atomic E-state index is 0.134. The number of carbonyl (C=O) groups excluding carboxylic acids is 1. The molecule has 0 aromatic carbocycles. The van der Waals surface area contributed by atoms with Crippen molar-refractivity contribution in [1.29, 1.82) is 0 Å². The number of amides is 1. The number of nitrogens with zero attached hydrogens (tertiary/aromatic N) is 4. The molecule has 3 N–H and O–H groups in total. The standard InChI is InChI=1S/C13H18N6OS/c1-18-6-5-15-9(18)7-19(2)13-10(11(14)17-21-13)12(20)16-8-3-4-8/h5-6,8H,3-4,7H2,1-2H3,(H2,14,17)(H,16,20). The Morgan fingerprint density at radius 2 is 2.38 bits per heavy atom. The lowest BCUT2D eigenvalue weighted by Gasteiger charge is -2.18. The van der Waals surface area contributed by atoms with Crippen LogP contribution in [0.1, 0.15) is 29.0 Å². The first-order valence-electron chi connectivity index (χ1n) is 6.79. The number of nitrogens with one attached hydrogen (secondary N) is 1.